The maximum atomic E-state index is 12.0. The predicted molar refractivity (Wildman–Crippen MR) is 70.7 cm³/mol. The number of amides is 1. The first-order valence-corrected chi connectivity index (χ1v) is 5.96. The molecule has 0 spiro atoms. The number of para-hydroxylation sites is 1. The molecule has 104 valence electrons. The van der Waals surface area contributed by atoms with Crippen LogP contribution in [0.4, 0.5) is 5.69 Å². The van der Waals surface area contributed by atoms with E-state index < -0.39 is 5.91 Å². The van der Waals surface area contributed by atoms with Crippen molar-refractivity contribution in [1.29, 1.82) is 0 Å². The Balaban J connectivity index is 2.67. The molecule has 3 N–H and O–H groups in total. The van der Waals surface area contributed by atoms with Gasteiger partial charge in [-0.15, -0.1) is 0 Å². The van der Waals surface area contributed by atoms with Crippen LogP contribution in [0.15, 0.2) is 18.2 Å². The van der Waals surface area contributed by atoms with Crippen LogP contribution in [0.1, 0.15) is 23.7 Å². The number of aromatic hydroxyl groups is 1. The van der Waals surface area contributed by atoms with E-state index in [-0.39, 0.29) is 35.9 Å². The summed E-state index contributed by atoms with van der Waals surface area (Å²) in [5.74, 6) is -0.997. The number of nitrogens with two attached hydrogens (primary N) is 1. The largest absolute Gasteiger partial charge is 0.505 e. The van der Waals surface area contributed by atoms with Gasteiger partial charge in [0.2, 0.25) is 0 Å². The van der Waals surface area contributed by atoms with E-state index in [4.69, 9.17) is 10.5 Å². The first-order chi connectivity index (χ1) is 8.97. The highest BCUT2D eigenvalue weighted by Gasteiger charge is 2.17. The summed E-state index contributed by atoms with van der Waals surface area (Å²) in [7, 11) is 1.55. The van der Waals surface area contributed by atoms with Crippen molar-refractivity contribution in [2.24, 2.45) is 0 Å². The number of esters is 1. The fourth-order valence-corrected chi connectivity index (χ4v) is 1.53. The number of rotatable bonds is 5. The van der Waals surface area contributed by atoms with E-state index in [1.807, 2.05) is 0 Å². The van der Waals surface area contributed by atoms with Crippen molar-refractivity contribution in [3.63, 3.8) is 0 Å². The summed E-state index contributed by atoms with van der Waals surface area (Å²) in [5.41, 5.74) is 5.79. The third-order valence-electron chi connectivity index (χ3n) is 2.60. The van der Waals surface area contributed by atoms with Crippen molar-refractivity contribution in [2.45, 2.75) is 13.3 Å². The summed E-state index contributed by atoms with van der Waals surface area (Å²) in [4.78, 5) is 24.6. The number of phenols is 1. The minimum atomic E-state index is -0.394. The van der Waals surface area contributed by atoms with Crippen LogP contribution in [0, 0.1) is 0 Å². The molecule has 0 atom stereocenters. The van der Waals surface area contributed by atoms with Gasteiger partial charge in [-0.3, -0.25) is 9.59 Å². The lowest BCUT2D eigenvalue weighted by molar-refractivity contribution is -0.143. The maximum absolute atomic E-state index is 12.0. The monoisotopic (exact) mass is 266 g/mol. The standard InChI is InChI=1S/C13H18N2O4/c1-3-19-11(16)7-8-15(2)13(18)9-5-4-6-10(14)12(9)17/h4-6,17H,3,7-8,14H2,1-2H3. The molecule has 0 saturated carbocycles. The van der Waals surface area contributed by atoms with E-state index in [1.165, 1.54) is 17.0 Å². The SMILES string of the molecule is CCOC(=O)CCN(C)C(=O)c1cccc(N)c1O. The second-order valence-electron chi connectivity index (χ2n) is 4.03. The van der Waals surface area contributed by atoms with Crippen LogP contribution in [-0.2, 0) is 9.53 Å². The van der Waals surface area contributed by atoms with Crippen molar-refractivity contribution in [2.75, 3.05) is 25.9 Å². The van der Waals surface area contributed by atoms with E-state index in [1.54, 1.807) is 20.0 Å². The van der Waals surface area contributed by atoms with Gasteiger partial charge in [0.15, 0.2) is 5.75 Å². The molecule has 1 rings (SSSR count). The number of carbonyl (C=O) groups excluding carboxylic acids is 2. The molecule has 1 aromatic carbocycles. The molecule has 0 aliphatic rings. The normalized spacial score (nSPS) is 10.0. The quantitative estimate of drug-likeness (QED) is 0.471. The highest BCUT2D eigenvalue weighted by atomic mass is 16.5. The molecule has 0 saturated heterocycles. The molecule has 0 bridgehead atoms. The Morgan fingerprint density at radius 2 is 2.11 bits per heavy atom. The molecule has 0 aliphatic heterocycles. The summed E-state index contributed by atoms with van der Waals surface area (Å²) in [6.07, 6.45) is 0.110. The van der Waals surface area contributed by atoms with Gasteiger partial charge in [0.25, 0.3) is 5.91 Å². The molecule has 0 unspecified atom stereocenters. The third-order valence-corrected chi connectivity index (χ3v) is 2.60. The van der Waals surface area contributed by atoms with Crippen LogP contribution in [0.25, 0.3) is 0 Å². The first kappa shape index (κ1) is 14.8. The number of carbonyl (C=O) groups is 2. The summed E-state index contributed by atoms with van der Waals surface area (Å²) in [5, 5.41) is 9.71. The molecule has 1 aromatic rings. The van der Waals surface area contributed by atoms with Gasteiger partial charge >= 0.3 is 5.97 Å². The fourth-order valence-electron chi connectivity index (χ4n) is 1.53. The zero-order valence-corrected chi connectivity index (χ0v) is 11.0. The van der Waals surface area contributed by atoms with Gasteiger partial charge in [0.05, 0.1) is 24.3 Å². The highest BCUT2D eigenvalue weighted by molar-refractivity contribution is 5.98. The summed E-state index contributed by atoms with van der Waals surface area (Å²) in [6, 6.07) is 4.57. The average Bonchev–Trinajstić information content (AvgIpc) is 2.38. The number of ether oxygens (including phenoxy) is 1. The first-order valence-electron chi connectivity index (χ1n) is 5.96. The number of benzene rings is 1. The van der Waals surface area contributed by atoms with E-state index >= 15 is 0 Å². The van der Waals surface area contributed by atoms with Crippen LogP contribution in [0.5, 0.6) is 5.75 Å². The number of hydrogen-bond acceptors (Lipinski definition) is 5. The number of anilines is 1. The predicted octanol–water partition coefficient (Wildman–Crippen LogP) is 1.000. The molecular weight excluding hydrogens is 248 g/mol. The lowest BCUT2D eigenvalue weighted by Gasteiger charge is -2.17. The second-order valence-corrected chi connectivity index (χ2v) is 4.03. The Morgan fingerprint density at radius 3 is 2.74 bits per heavy atom. The molecule has 0 fully saturated rings. The third kappa shape index (κ3) is 3.87. The van der Waals surface area contributed by atoms with Gasteiger partial charge in [-0.2, -0.15) is 0 Å². The number of nitrogens with zero attached hydrogens (tertiary/aromatic N) is 1. The zero-order valence-electron chi connectivity index (χ0n) is 11.0. The summed E-state index contributed by atoms with van der Waals surface area (Å²) < 4.78 is 4.77. The molecule has 6 nitrogen and oxygen atoms in total. The number of hydrogen-bond donors (Lipinski definition) is 2. The smallest absolute Gasteiger partial charge is 0.307 e. The van der Waals surface area contributed by atoms with Crippen LogP contribution < -0.4 is 5.73 Å². The lowest BCUT2D eigenvalue weighted by Crippen LogP contribution is -2.29. The minimum absolute atomic E-state index is 0.110. The van der Waals surface area contributed by atoms with Crippen molar-refractivity contribution >= 4 is 17.6 Å². The molecular formula is C13H18N2O4. The molecule has 0 radical (unpaired) electrons. The number of nitrogen functional groups attached to an aromatic ring is 1. The van der Waals surface area contributed by atoms with Gasteiger partial charge < -0.3 is 20.5 Å². The topological polar surface area (TPSA) is 92.9 Å². The van der Waals surface area contributed by atoms with Crippen molar-refractivity contribution in [3.8, 4) is 5.75 Å². The lowest BCUT2D eigenvalue weighted by atomic mass is 10.1. The van der Waals surface area contributed by atoms with Gasteiger partial charge in [0.1, 0.15) is 0 Å². The van der Waals surface area contributed by atoms with Crippen molar-refractivity contribution < 1.29 is 19.4 Å². The Bertz CT molecular complexity index is 474. The van der Waals surface area contributed by atoms with Gasteiger partial charge in [-0.1, -0.05) is 6.07 Å². The molecule has 19 heavy (non-hydrogen) atoms. The molecule has 1 amide bonds. The summed E-state index contributed by atoms with van der Waals surface area (Å²) >= 11 is 0. The Hall–Kier alpha value is -2.24. The molecule has 0 aromatic heterocycles. The van der Waals surface area contributed by atoms with Gasteiger partial charge in [-0.25, -0.2) is 0 Å². The van der Waals surface area contributed by atoms with Crippen LogP contribution >= 0.6 is 0 Å². The highest BCUT2D eigenvalue weighted by Crippen LogP contribution is 2.25. The average molecular weight is 266 g/mol. The molecule has 0 heterocycles. The molecule has 6 heteroatoms. The Labute approximate surface area is 111 Å². The minimum Gasteiger partial charge on any atom is -0.505 e. The number of phenolic OH excluding ortho intramolecular Hbond substituents is 1. The zero-order chi connectivity index (χ0) is 14.4. The van der Waals surface area contributed by atoms with Crippen LogP contribution in [0.3, 0.4) is 0 Å². The van der Waals surface area contributed by atoms with E-state index in [0.717, 1.165) is 0 Å². The maximum Gasteiger partial charge on any atom is 0.307 e. The molecule has 0 aliphatic carbocycles. The van der Waals surface area contributed by atoms with E-state index in [9.17, 15) is 14.7 Å². The Kier molecular flexibility index (Phi) is 5.17. The van der Waals surface area contributed by atoms with Gasteiger partial charge in [0, 0.05) is 13.6 Å². The van der Waals surface area contributed by atoms with Crippen LogP contribution in [0.2, 0.25) is 0 Å². The van der Waals surface area contributed by atoms with Crippen LogP contribution in [-0.4, -0.2) is 42.1 Å². The van der Waals surface area contributed by atoms with Crippen molar-refractivity contribution in [1.82, 2.24) is 4.90 Å². The Morgan fingerprint density at radius 1 is 1.42 bits per heavy atom. The second kappa shape index (κ2) is 6.63. The fraction of sp³-hybridized carbons (Fsp3) is 0.385. The van der Waals surface area contributed by atoms with E-state index in [0.29, 0.717) is 6.61 Å². The summed E-state index contributed by atoms with van der Waals surface area (Å²) in [6.45, 7) is 2.25. The van der Waals surface area contributed by atoms with Gasteiger partial charge in [-0.05, 0) is 19.1 Å². The van der Waals surface area contributed by atoms with E-state index in [2.05, 4.69) is 0 Å². The van der Waals surface area contributed by atoms with Crippen molar-refractivity contribution in [3.05, 3.63) is 23.8 Å².